The Bertz CT molecular complexity index is 403. The molecule has 0 saturated heterocycles. The van der Waals surface area contributed by atoms with E-state index in [1.54, 1.807) is 6.07 Å². The second kappa shape index (κ2) is 4.04. The maximum atomic E-state index is 12.1. The first-order chi connectivity index (χ1) is 6.98. The predicted molar refractivity (Wildman–Crippen MR) is 41.9 cm³/mol. The van der Waals surface area contributed by atoms with Gasteiger partial charge in [0.05, 0.1) is 0 Å². The number of hydrogen-bond donors (Lipinski definition) is 0. The van der Waals surface area contributed by atoms with Crippen LogP contribution in [0.1, 0.15) is 5.69 Å². The third-order valence-electron chi connectivity index (χ3n) is 1.56. The summed E-state index contributed by atoms with van der Waals surface area (Å²) >= 11 is 0. The zero-order valence-electron chi connectivity index (χ0n) is 7.28. The molecule has 7 heteroatoms. The number of carbonyl (C=O) groups excluding carboxylic acids is 1. The topological polar surface area (TPSA) is 55.0 Å². The van der Waals surface area contributed by atoms with E-state index in [0.717, 1.165) is 12.1 Å². The van der Waals surface area contributed by atoms with Crippen molar-refractivity contribution >= 4 is 6.47 Å². The second-order valence-corrected chi connectivity index (χ2v) is 2.58. The molecule has 0 aliphatic heterocycles. The molecule has 15 heavy (non-hydrogen) atoms. The fourth-order valence-corrected chi connectivity index (χ4v) is 1.04. The van der Waals surface area contributed by atoms with Crippen molar-refractivity contribution in [2.45, 2.75) is 12.7 Å². The van der Waals surface area contributed by atoms with E-state index in [1.807, 2.05) is 0 Å². The van der Waals surface area contributed by atoms with E-state index in [-0.39, 0.29) is 18.0 Å². The van der Waals surface area contributed by atoms with Crippen LogP contribution < -0.4 is 4.74 Å². The number of carbonyl (C=O) groups is 1. The molecule has 0 atom stereocenters. The fraction of sp³-hybridized carbons (Fsp3) is 0.250. The van der Waals surface area contributed by atoms with Crippen molar-refractivity contribution in [3.63, 3.8) is 0 Å². The third-order valence-corrected chi connectivity index (χ3v) is 1.56. The quantitative estimate of drug-likeness (QED) is 0.721. The Morgan fingerprint density at radius 1 is 1.53 bits per heavy atom. The van der Waals surface area contributed by atoms with Gasteiger partial charge in [-0.1, -0.05) is 0 Å². The van der Waals surface area contributed by atoms with Gasteiger partial charge in [0.1, 0.15) is 18.3 Å². The molecule has 0 bridgehead atoms. The highest BCUT2D eigenvalue weighted by atomic mass is 19.4. The highest BCUT2D eigenvalue weighted by molar-refractivity contribution is 5.45. The van der Waals surface area contributed by atoms with E-state index in [9.17, 15) is 18.0 Å². The van der Waals surface area contributed by atoms with Crippen molar-refractivity contribution in [2.75, 3.05) is 0 Å². The van der Waals surface area contributed by atoms with Crippen LogP contribution in [-0.2, 0) is 11.3 Å². The number of alkyl halides is 3. The molecular weight excluding hydrogens is 213 g/mol. The molecular formula is C8H5F3N2O2. The van der Waals surface area contributed by atoms with Crippen LogP contribution in [-0.4, -0.2) is 17.2 Å². The zero-order valence-corrected chi connectivity index (χ0v) is 7.28. The number of ether oxygens (including phenoxy) is 1. The van der Waals surface area contributed by atoms with Gasteiger partial charge in [0.2, 0.25) is 5.88 Å². The molecule has 0 unspecified atom stereocenters. The summed E-state index contributed by atoms with van der Waals surface area (Å²) < 4.78 is 41.1. The van der Waals surface area contributed by atoms with Gasteiger partial charge in [0.25, 0.3) is 6.47 Å². The van der Waals surface area contributed by atoms with Gasteiger partial charge < -0.3 is 4.74 Å². The molecule has 0 aliphatic carbocycles. The van der Waals surface area contributed by atoms with Gasteiger partial charge in [-0.2, -0.15) is 18.4 Å². The van der Waals surface area contributed by atoms with Gasteiger partial charge in [-0.3, -0.25) is 9.36 Å². The summed E-state index contributed by atoms with van der Waals surface area (Å²) in [5.41, 5.74) is -0.218. The van der Waals surface area contributed by atoms with Crippen LogP contribution >= 0.6 is 0 Å². The lowest BCUT2D eigenvalue weighted by molar-refractivity contribution is -0.142. The molecule has 0 aromatic carbocycles. The molecule has 0 amide bonds. The Morgan fingerprint density at radius 3 is 2.67 bits per heavy atom. The lowest BCUT2D eigenvalue weighted by Crippen LogP contribution is -2.19. The van der Waals surface area contributed by atoms with Gasteiger partial charge >= 0.3 is 6.18 Å². The maximum absolute atomic E-state index is 12.1. The highest BCUT2D eigenvalue weighted by Crippen LogP contribution is 2.24. The van der Waals surface area contributed by atoms with Gasteiger partial charge in [0, 0.05) is 6.07 Å². The van der Waals surface area contributed by atoms with E-state index < -0.39 is 12.7 Å². The minimum Gasteiger partial charge on any atom is -0.411 e. The van der Waals surface area contributed by atoms with Crippen LogP contribution in [0.2, 0.25) is 0 Å². The molecule has 0 radical (unpaired) electrons. The lowest BCUT2D eigenvalue weighted by atomic mass is 10.4. The van der Waals surface area contributed by atoms with E-state index in [1.165, 1.54) is 0 Å². The second-order valence-electron chi connectivity index (χ2n) is 2.58. The average molecular weight is 218 g/mol. The predicted octanol–water partition coefficient (Wildman–Crippen LogP) is 1.46. The molecule has 1 aromatic heterocycles. The smallest absolute Gasteiger partial charge is 0.406 e. The van der Waals surface area contributed by atoms with Crippen LogP contribution in [0.5, 0.6) is 5.88 Å². The first-order valence-electron chi connectivity index (χ1n) is 3.74. The summed E-state index contributed by atoms with van der Waals surface area (Å²) in [7, 11) is 0. The molecule has 0 fully saturated rings. The average Bonchev–Trinajstić information content (AvgIpc) is 2.47. The van der Waals surface area contributed by atoms with Gasteiger partial charge in [-0.15, -0.1) is 0 Å². The summed E-state index contributed by atoms with van der Waals surface area (Å²) in [6, 6.07) is 3.83. The summed E-state index contributed by atoms with van der Waals surface area (Å²) in [6.07, 6.45) is -4.48. The minimum atomic E-state index is -4.48. The Morgan fingerprint density at radius 2 is 2.20 bits per heavy atom. The molecule has 0 saturated carbocycles. The summed E-state index contributed by atoms with van der Waals surface area (Å²) in [5.74, 6) is -0.307. The normalized spacial score (nSPS) is 10.8. The van der Waals surface area contributed by atoms with Crippen LogP contribution in [0.4, 0.5) is 13.2 Å². The van der Waals surface area contributed by atoms with Gasteiger partial charge in [-0.25, -0.2) is 0 Å². The molecule has 0 aliphatic rings. The molecule has 1 rings (SSSR count). The van der Waals surface area contributed by atoms with Crippen LogP contribution in [0.15, 0.2) is 12.1 Å². The van der Waals surface area contributed by atoms with E-state index in [2.05, 4.69) is 4.74 Å². The number of halogens is 3. The van der Waals surface area contributed by atoms with Crippen LogP contribution in [0.3, 0.4) is 0 Å². The largest absolute Gasteiger partial charge is 0.411 e. The fourth-order valence-electron chi connectivity index (χ4n) is 1.04. The SMILES string of the molecule is N#Cc1ccc(OC=O)n1CC(F)(F)F. The van der Waals surface area contributed by atoms with Crippen molar-refractivity contribution in [3.8, 4) is 11.9 Å². The highest BCUT2D eigenvalue weighted by Gasteiger charge is 2.30. The van der Waals surface area contributed by atoms with Crippen molar-refractivity contribution in [1.82, 2.24) is 4.57 Å². The monoisotopic (exact) mass is 218 g/mol. The Kier molecular flexibility index (Phi) is 2.99. The van der Waals surface area contributed by atoms with Gasteiger partial charge in [0.15, 0.2) is 0 Å². The first kappa shape index (κ1) is 11.1. The number of rotatable bonds is 3. The maximum Gasteiger partial charge on any atom is 0.406 e. The lowest BCUT2D eigenvalue weighted by Gasteiger charge is -2.10. The third kappa shape index (κ3) is 2.74. The Hall–Kier alpha value is -1.97. The Labute approximate surface area is 82.5 Å². The molecule has 4 nitrogen and oxygen atoms in total. The first-order valence-corrected chi connectivity index (χ1v) is 3.74. The molecule has 0 spiro atoms. The van der Waals surface area contributed by atoms with Crippen molar-refractivity contribution < 1.29 is 22.7 Å². The molecule has 1 heterocycles. The van der Waals surface area contributed by atoms with Gasteiger partial charge in [-0.05, 0) is 6.07 Å². The zero-order chi connectivity index (χ0) is 11.5. The number of nitriles is 1. The van der Waals surface area contributed by atoms with Crippen LogP contribution in [0.25, 0.3) is 0 Å². The minimum absolute atomic E-state index is 0.00334. The van der Waals surface area contributed by atoms with E-state index in [4.69, 9.17) is 5.26 Å². The number of nitrogens with zero attached hydrogens (tertiary/aromatic N) is 2. The van der Waals surface area contributed by atoms with Crippen LogP contribution in [0, 0.1) is 11.3 Å². The standard InChI is InChI=1S/C8H5F3N2O2/c9-8(10,11)4-13-6(3-12)1-2-7(13)15-5-14/h1-2,5H,4H2. The number of aromatic nitrogens is 1. The molecule has 0 N–H and O–H groups in total. The molecule has 1 aromatic rings. The Balaban J connectivity index is 3.06. The summed E-state index contributed by atoms with van der Waals surface area (Å²) in [6.45, 7) is -1.37. The van der Waals surface area contributed by atoms with E-state index >= 15 is 0 Å². The summed E-state index contributed by atoms with van der Waals surface area (Å²) in [5, 5.41) is 8.51. The molecule has 80 valence electrons. The van der Waals surface area contributed by atoms with Crippen molar-refractivity contribution in [2.24, 2.45) is 0 Å². The van der Waals surface area contributed by atoms with Crippen molar-refractivity contribution in [3.05, 3.63) is 17.8 Å². The summed E-state index contributed by atoms with van der Waals surface area (Å²) in [4.78, 5) is 9.99. The number of hydrogen-bond acceptors (Lipinski definition) is 3. The van der Waals surface area contributed by atoms with E-state index in [0.29, 0.717) is 4.57 Å². The van der Waals surface area contributed by atoms with Crippen molar-refractivity contribution in [1.29, 1.82) is 5.26 Å².